The molecule has 6 heteroatoms. The van der Waals surface area contributed by atoms with E-state index in [1.165, 1.54) is 0 Å². The van der Waals surface area contributed by atoms with Gasteiger partial charge in [0.05, 0.1) is 6.21 Å². The fourth-order valence-electron chi connectivity index (χ4n) is 2.26. The van der Waals surface area contributed by atoms with Crippen molar-refractivity contribution in [1.82, 2.24) is 5.43 Å². The first-order chi connectivity index (χ1) is 13.1. The molecule has 3 aromatic rings. The molecule has 0 heterocycles. The van der Waals surface area contributed by atoms with E-state index in [0.29, 0.717) is 12.2 Å². The summed E-state index contributed by atoms with van der Waals surface area (Å²) in [6, 6.07) is 22.6. The van der Waals surface area contributed by atoms with Crippen LogP contribution < -0.4 is 10.2 Å². The highest BCUT2D eigenvalue weighted by atomic mass is 79.9. The summed E-state index contributed by atoms with van der Waals surface area (Å²) in [6.07, 6.45) is 1.59. The smallest absolute Gasteiger partial charge is 0.271 e. The largest absolute Gasteiger partial charge is 0.489 e. The van der Waals surface area contributed by atoms with Gasteiger partial charge in [-0.25, -0.2) is 5.43 Å². The fraction of sp³-hybridized carbons (Fsp3) is 0.0476. The summed E-state index contributed by atoms with van der Waals surface area (Å²) in [5, 5.41) is 4.01. The van der Waals surface area contributed by atoms with Crippen LogP contribution in [-0.2, 0) is 6.61 Å². The van der Waals surface area contributed by atoms with Gasteiger partial charge in [-0.15, -0.1) is 0 Å². The lowest BCUT2D eigenvalue weighted by Crippen LogP contribution is -2.17. The number of hydrazone groups is 1. The van der Waals surface area contributed by atoms with E-state index in [4.69, 9.17) is 4.74 Å². The molecule has 0 unspecified atom stereocenters. The number of rotatable bonds is 6. The third kappa shape index (κ3) is 6.05. The highest BCUT2D eigenvalue weighted by molar-refractivity contribution is 9.10. The van der Waals surface area contributed by atoms with Gasteiger partial charge in [0, 0.05) is 14.5 Å². The van der Waals surface area contributed by atoms with Crippen LogP contribution in [0.4, 0.5) is 0 Å². The first-order valence-electron chi connectivity index (χ1n) is 8.16. The van der Waals surface area contributed by atoms with Gasteiger partial charge in [-0.2, -0.15) is 5.10 Å². The summed E-state index contributed by atoms with van der Waals surface area (Å²) in [5.74, 6) is 0.475. The van der Waals surface area contributed by atoms with Crippen molar-refractivity contribution in [3.8, 4) is 5.75 Å². The number of hydrogen-bond acceptors (Lipinski definition) is 3. The third-order valence-electron chi connectivity index (χ3n) is 3.66. The van der Waals surface area contributed by atoms with E-state index in [1.54, 1.807) is 18.3 Å². The Morgan fingerprint density at radius 1 is 0.963 bits per heavy atom. The van der Waals surface area contributed by atoms with Gasteiger partial charge in [-0.3, -0.25) is 4.79 Å². The maximum atomic E-state index is 12.0. The van der Waals surface area contributed by atoms with Crippen molar-refractivity contribution in [3.63, 3.8) is 0 Å². The highest BCUT2D eigenvalue weighted by Crippen LogP contribution is 2.16. The molecule has 3 aromatic carbocycles. The predicted octanol–water partition coefficient (Wildman–Crippen LogP) is 5.55. The fourth-order valence-corrected chi connectivity index (χ4v) is 2.79. The van der Waals surface area contributed by atoms with Gasteiger partial charge in [0.2, 0.25) is 0 Å². The van der Waals surface area contributed by atoms with Crippen molar-refractivity contribution in [3.05, 3.63) is 98.4 Å². The lowest BCUT2D eigenvalue weighted by Gasteiger charge is -2.07. The van der Waals surface area contributed by atoms with E-state index in [2.05, 4.69) is 42.4 Å². The molecule has 0 saturated carbocycles. The Kier molecular flexibility index (Phi) is 6.79. The zero-order valence-corrected chi connectivity index (χ0v) is 17.4. The maximum absolute atomic E-state index is 12.0. The molecule has 0 atom stereocenters. The van der Waals surface area contributed by atoms with Crippen LogP contribution in [0.2, 0.25) is 0 Å². The van der Waals surface area contributed by atoms with Crippen molar-refractivity contribution in [1.29, 1.82) is 0 Å². The second kappa shape index (κ2) is 9.48. The molecule has 4 nitrogen and oxygen atoms in total. The molecule has 0 fully saturated rings. The van der Waals surface area contributed by atoms with Gasteiger partial charge in [-0.1, -0.05) is 56.1 Å². The Hall–Kier alpha value is -2.44. The summed E-state index contributed by atoms with van der Waals surface area (Å²) in [5.41, 5.74) is 4.98. The molecular weight excluding hydrogens is 472 g/mol. The summed E-state index contributed by atoms with van der Waals surface area (Å²) in [6.45, 7) is 0.480. The molecule has 0 radical (unpaired) electrons. The number of nitrogens with zero attached hydrogens (tertiary/aromatic N) is 1. The van der Waals surface area contributed by atoms with Gasteiger partial charge in [0.15, 0.2) is 0 Å². The van der Waals surface area contributed by atoms with Crippen LogP contribution in [0.25, 0.3) is 0 Å². The molecular formula is C21H16Br2N2O2. The number of carbonyl (C=O) groups is 1. The topological polar surface area (TPSA) is 50.7 Å². The van der Waals surface area contributed by atoms with Gasteiger partial charge >= 0.3 is 0 Å². The van der Waals surface area contributed by atoms with Crippen LogP contribution in [-0.4, -0.2) is 12.1 Å². The monoisotopic (exact) mass is 486 g/mol. The first kappa shape index (κ1) is 19.3. The van der Waals surface area contributed by atoms with Crippen LogP contribution in [0.5, 0.6) is 5.75 Å². The molecule has 1 N–H and O–H groups in total. The van der Waals surface area contributed by atoms with Gasteiger partial charge in [-0.05, 0) is 59.7 Å². The molecule has 0 aliphatic carbocycles. The van der Waals surface area contributed by atoms with Crippen LogP contribution in [0, 0.1) is 0 Å². The standard InChI is InChI=1S/C21H16Br2N2O2/c22-18-8-4-15(5-9-18)14-27-20-3-1-2-16(12-20)13-24-25-21(26)17-6-10-19(23)11-7-17/h1-13H,14H2,(H,25,26). The van der Waals surface area contributed by atoms with E-state index < -0.39 is 0 Å². The minimum absolute atomic E-state index is 0.263. The average Bonchev–Trinajstić information content (AvgIpc) is 2.68. The second-order valence-corrected chi connectivity index (χ2v) is 7.53. The molecule has 0 saturated heterocycles. The lowest BCUT2D eigenvalue weighted by atomic mass is 10.2. The van der Waals surface area contributed by atoms with Crippen LogP contribution in [0.3, 0.4) is 0 Å². The van der Waals surface area contributed by atoms with Crippen molar-refractivity contribution >= 4 is 44.0 Å². The second-order valence-electron chi connectivity index (χ2n) is 5.69. The number of carbonyl (C=O) groups excluding carboxylic acids is 1. The third-order valence-corrected chi connectivity index (χ3v) is 4.72. The first-order valence-corrected chi connectivity index (χ1v) is 9.75. The minimum atomic E-state index is -0.263. The summed E-state index contributed by atoms with van der Waals surface area (Å²) in [4.78, 5) is 12.0. The summed E-state index contributed by atoms with van der Waals surface area (Å²) < 4.78 is 7.77. The molecule has 0 aliphatic heterocycles. The Morgan fingerprint density at radius 3 is 2.33 bits per heavy atom. The number of benzene rings is 3. The van der Waals surface area contributed by atoms with Crippen LogP contribution in [0.1, 0.15) is 21.5 Å². The molecule has 3 rings (SSSR count). The maximum Gasteiger partial charge on any atom is 0.271 e. The van der Waals surface area contributed by atoms with Crippen molar-refractivity contribution < 1.29 is 9.53 Å². The Bertz CT molecular complexity index is 939. The molecule has 0 bridgehead atoms. The van der Waals surface area contributed by atoms with Crippen LogP contribution in [0.15, 0.2) is 86.8 Å². The number of amides is 1. The summed E-state index contributed by atoms with van der Waals surface area (Å²) in [7, 11) is 0. The van der Waals surface area contributed by atoms with Crippen molar-refractivity contribution in [2.24, 2.45) is 5.10 Å². The molecule has 136 valence electrons. The lowest BCUT2D eigenvalue weighted by molar-refractivity contribution is 0.0955. The normalized spacial score (nSPS) is 10.7. The van der Waals surface area contributed by atoms with Gasteiger partial charge < -0.3 is 4.74 Å². The molecule has 0 aromatic heterocycles. The predicted molar refractivity (Wildman–Crippen MR) is 114 cm³/mol. The molecule has 27 heavy (non-hydrogen) atoms. The number of hydrogen-bond donors (Lipinski definition) is 1. The highest BCUT2D eigenvalue weighted by Gasteiger charge is 2.03. The van der Waals surface area contributed by atoms with E-state index in [9.17, 15) is 4.79 Å². The van der Waals surface area contributed by atoms with Crippen LogP contribution >= 0.6 is 31.9 Å². The molecule has 0 aliphatic rings. The Balaban J connectivity index is 1.56. The van der Waals surface area contributed by atoms with E-state index in [0.717, 1.165) is 25.8 Å². The molecule has 0 spiro atoms. The zero-order valence-electron chi connectivity index (χ0n) is 14.2. The van der Waals surface area contributed by atoms with Gasteiger partial charge in [0.1, 0.15) is 12.4 Å². The number of ether oxygens (including phenoxy) is 1. The van der Waals surface area contributed by atoms with E-state index >= 15 is 0 Å². The number of nitrogens with one attached hydrogen (secondary N) is 1. The number of halogens is 2. The average molecular weight is 488 g/mol. The Morgan fingerprint density at radius 2 is 1.63 bits per heavy atom. The zero-order chi connectivity index (χ0) is 19.1. The van der Waals surface area contributed by atoms with Crippen molar-refractivity contribution in [2.45, 2.75) is 6.61 Å². The Labute approximate surface area is 174 Å². The van der Waals surface area contributed by atoms with Crippen molar-refractivity contribution in [2.75, 3.05) is 0 Å². The van der Waals surface area contributed by atoms with E-state index in [1.807, 2.05) is 60.7 Å². The molecule has 1 amide bonds. The van der Waals surface area contributed by atoms with E-state index in [-0.39, 0.29) is 5.91 Å². The summed E-state index contributed by atoms with van der Waals surface area (Å²) >= 11 is 6.76. The minimum Gasteiger partial charge on any atom is -0.489 e. The quantitative estimate of drug-likeness (QED) is 0.365. The SMILES string of the molecule is O=C(NN=Cc1cccc(OCc2ccc(Br)cc2)c1)c1ccc(Br)cc1. The van der Waals surface area contributed by atoms with Gasteiger partial charge in [0.25, 0.3) is 5.91 Å².